The normalized spacial score (nSPS) is 12.4. The highest BCUT2D eigenvalue weighted by Crippen LogP contribution is 2.30. The average Bonchev–Trinajstić information content (AvgIpc) is 2.96. The maximum Gasteiger partial charge on any atom is 0.573 e. The zero-order chi connectivity index (χ0) is 31.2. The van der Waals surface area contributed by atoms with E-state index in [0.717, 1.165) is 28.6 Å². The van der Waals surface area contributed by atoms with Gasteiger partial charge in [0, 0.05) is 29.4 Å². The van der Waals surface area contributed by atoms with Crippen LogP contribution >= 0.6 is 11.6 Å². The molecule has 3 aromatic carbocycles. The number of anilines is 1. The van der Waals surface area contributed by atoms with Gasteiger partial charge >= 0.3 is 12.3 Å². The number of alkyl halides is 3. The highest BCUT2D eigenvalue weighted by atomic mass is 35.5. The van der Waals surface area contributed by atoms with Gasteiger partial charge in [0.15, 0.2) is 5.78 Å². The Bertz CT molecular complexity index is 1670. The Morgan fingerprint density at radius 3 is 2.14 bits per heavy atom. The fourth-order valence-electron chi connectivity index (χ4n) is 4.22. The standard InChI is InChI=1S/C30H24ClF3N2O6S/c31-24-7-3-20(4-8-24)19-36(43(40,41)27-13-11-26(12-14-27)42-30(32,33)34)25-9-5-22(6-10-25)28(37)17-23(29(38)39)16-21-2-1-15-35-18-21/h1-15,18,23H,16-17,19H2,(H,38,39). The summed E-state index contributed by atoms with van der Waals surface area (Å²) in [5, 5.41) is 10.1. The fourth-order valence-corrected chi connectivity index (χ4v) is 5.80. The van der Waals surface area contributed by atoms with Crippen LogP contribution in [0.3, 0.4) is 0 Å². The van der Waals surface area contributed by atoms with E-state index in [9.17, 15) is 36.3 Å². The fraction of sp³-hybridized carbons (Fsp3) is 0.167. The predicted molar refractivity (Wildman–Crippen MR) is 152 cm³/mol. The third-order valence-electron chi connectivity index (χ3n) is 6.35. The summed E-state index contributed by atoms with van der Waals surface area (Å²) < 4.78 is 70.0. The number of sulfonamides is 1. The van der Waals surface area contributed by atoms with Crippen LogP contribution in [0.25, 0.3) is 0 Å². The van der Waals surface area contributed by atoms with E-state index in [-0.39, 0.29) is 35.5 Å². The lowest BCUT2D eigenvalue weighted by molar-refractivity contribution is -0.274. The summed E-state index contributed by atoms with van der Waals surface area (Å²) in [6, 6.07) is 19.2. The van der Waals surface area contributed by atoms with Crippen molar-refractivity contribution in [2.24, 2.45) is 5.92 Å². The molecule has 43 heavy (non-hydrogen) atoms. The Kier molecular flexibility index (Phi) is 9.72. The number of aliphatic carboxylic acids is 1. The molecular weight excluding hydrogens is 609 g/mol. The molecule has 4 rings (SSSR count). The number of carbonyl (C=O) groups is 2. The van der Waals surface area contributed by atoms with Gasteiger partial charge in [-0.15, -0.1) is 13.2 Å². The zero-order valence-electron chi connectivity index (χ0n) is 22.2. The first-order valence-electron chi connectivity index (χ1n) is 12.7. The lowest BCUT2D eigenvalue weighted by Gasteiger charge is -2.25. The minimum absolute atomic E-state index is 0.104. The van der Waals surface area contributed by atoms with Gasteiger partial charge in [0.25, 0.3) is 10.0 Å². The predicted octanol–water partition coefficient (Wildman–Crippen LogP) is 6.55. The molecular formula is C30H24ClF3N2O6S. The van der Waals surface area contributed by atoms with Crippen molar-refractivity contribution < 1.29 is 41.0 Å². The molecule has 1 unspecified atom stereocenters. The van der Waals surface area contributed by atoms with Gasteiger partial charge in [0.05, 0.1) is 23.0 Å². The molecule has 0 aliphatic rings. The second kappa shape index (κ2) is 13.3. The average molecular weight is 633 g/mol. The van der Waals surface area contributed by atoms with Crippen LogP contribution in [-0.2, 0) is 27.8 Å². The number of hydrogen-bond acceptors (Lipinski definition) is 6. The van der Waals surface area contributed by atoms with Gasteiger partial charge < -0.3 is 9.84 Å². The molecule has 0 radical (unpaired) electrons. The second-order valence-electron chi connectivity index (χ2n) is 9.43. The summed E-state index contributed by atoms with van der Waals surface area (Å²) in [6.45, 7) is -0.167. The van der Waals surface area contributed by atoms with E-state index in [1.807, 2.05) is 0 Å². The van der Waals surface area contributed by atoms with Crippen LogP contribution in [0.5, 0.6) is 5.75 Å². The molecule has 4 aromatic rings. The quantitative estimate of drug-likeness (QED) is 0.176. The highest BCUT2D eigenvalue weighted by Gasteiger charge is 2.32. The van der Waals surface area contributed by atoms with Crippen molar-refractivity contribution in [3.05, 3.63) is 119 Å². The SMILES string of the molecule is O=C(CC(Cc1cccnc1)C(=O)O)c1ccc(N(Cc2ccc(Cl)cc2)S(=O)(=O)c2ccc(OC(F)(F)F)cc2)cc1. The van der Waals surface area contributed by atoms with Crippen LogP contribution in [0.1, 0.15) is 27.9 Å². The van der Waals surface area contributed by atoms with Crippen molar-refractivity contribution in [3.63, 3.8) is 0 Å². The molecule has 1 atom stereocenters. The van der Waals surface area contributed by atoms with Gasteiger partial charge in [0.1, 0.15) is 5.75 Å². The minimum atomic E-state index is -4.94. The van der Waals surface area contributed by atoms with Crippen LogP contribution < -0.4 is 9.04 Å². The molecule has 0 saturated carbocycles. The second-order valence-corrected chi connectivity index (χ2v) is 11.7. The lowest BCUT2D eigenvalue weighted by Crippen LogP contribution is -2.30. The third-order valence-corrected chi connectivity index (χ3v) is 8.39. The van der Waals surface area contributed by atoms with Gasteiger partial charge in [-0.1, -0.05) is 29.8 Å². The summed E-state index contributed by atoms with van der Waals surface area (Å²) in [5.41, 5.74) is 1.56. The molecule has 13 heteroatoms. The third kappa shape index (κ3) is 8.55. The number of hydrogen-bond donors (Lipinski definition) is 1. The number of carboxylic acids is 1. The Labute approximate surface area is 250 Å². The van der Waals surface area contributed by atoms with Crippen molar-refractivity contribution in [2.45, 2.75) is 30.6 Å². The van der Waals surface area contributed by atoms with E-state index < -0.39 is 39.8 Å². The molecule has 0 aliphatic carbocycles. The monoisotopic (exact) mass is 632 g/mol. The molecule has 0 bridgehead atoms. The van der Waals surface area contributed by atoms with Crippen LogP contribution in [-0.4, -0.2) is 36.6 Å². The Morgan fingerprint density at radius 2 is 1.58 bits per heavy atom. The van der Waals surface area contributed by atoms with E-state index in [4.69, 9.17) is 11.6 Å². The summed E-state index contributed by atoms with van der Waals surface area (Å²) in [6.07, 6.45) is -2.04. The van der Waals surface area contributed by atoms with Crippen molar-refractivity contribution >= 4 is 39.1 Å². The molecule has 1 heterocycles. The number of carbonyl (C=O) groups excluding carboxylic acids is 1. The minimum Gasteiger partial charge on any atom is -0.481 e. The number of halogens is 4. The van der Waals surface area contributed by atoms with Crippen molar-refractivity contribution in [3.8, 4) is 5.75 Å². The Balaban J connectivity index is 1.60. The van der Waals surface area contributed by atoms with Gasteiger partial charge in [-0.2, -0.15) is 0 Å². The number of pyridine rings is 1. The molecule has 0 spiro atoms. The number of aromatic nitrogens is 1. The molecule has 0 fully saturated rings. The molecule has 1 N–H and O–H groups in total. The highest BCUT2D eigenvalue weighted by molar-refractivity contribution is 7.92. The van der Waals surface area contributed by atoms with Crippen molar-refractivity contribution in [2.75, 3.05) is 4.31 Å². The smallest absolute Gasteiger partial charge is 0.481 e. The molecule has 1 aromatic heterocycles. The molecule has 224 valence electrons. The number of nitrogens with zero attached hydrogens (tertiary/aromatic N) is 2. The van der Waals surface area contributed by atoms with E-state index in [1.165, 1.54) is 30.5 Å². The summed E-state index contributed by atoms with van der Waals surface area (Å²) in [5.74, 6) is -3.17. The zero-order valence-corrected chi connectivity index (χ0v) is 23.8. The first kappa shape index (κ1) is 31.5. The number of Topliss-reactive ketones (excluding diaryl/α,β-unsaturated/α-hetero) is 1. The van der Waals surface area contributed by atoms with Crippen LogP contribution in [0.15, 0.2) is 102 Å². The molecule has 0 saturated heterocycles. The van der Waals surface area contributed by atoms with Gasteiger partial charge in [-0.3, -0.25) is 18.9 Å². The van der Waals surface area contributed by atoms with Crippen LogP contribution in [0.4, 0.5) is 18.9 Å². The van der Waals surface area contributed by atoms with E-state index in [1.54, 1.807) is 42.6 Å². The molecule has 0 aliphatic heterocycles. The summed E-state index contributed by atoms with van der Waals surface area (Å²) in [4.78, 5) is 28.5. The summed E-state index contributed by atoms with van der Waals surface area (Å²) >= 11 is 5.96. The Morgan fingerprint density at radius 1 is 0.930 bits per heavy atom. The number of rotatable bonds is 12. The van der Waals surface area contributed by atoms with E-state index in [0.29, 0.717) is 16.1 Å². The number of carboxylic acid groups (broad SMARTS) is 1. The topological polar surface area (TPSA) is 114 Å². The van der Waals surface area contributed by atoms with Crippen molar-refractivity contribution in [1.82, 2.24) is 4.98 Å². The van der Waals surface area contributed by atoms with E-state index >= 15 is 0 Å². The lowest BCUT2D eigenvalue weighted by atomic mass is 9.93. The van der Waals surface area contributed by atoms with Crippen molar-refractivity contribution in [1.29, 1.82) is 0 Å². The molecule has 8 nitrogen and oxygen atoms in total. The first-order valence-corrected chi connectivity index (χ1v) is 14.5. The maximum atomic E-state index is 13.7. The largest absolute Gasteiger partial charge is 0.573 e. The first-order chi connectivity index (χ1) is 20.3. The van der Waals surface area contributed by atoms with Gasteiger partial charge in [0.2, 0.25) is 0 Å². The van der Waals surface area contributed by atoms with E-state index in [2.05, 4.69) is 9.72 Å². The number of benzene rings is 3. The number of ketones is 1. The maximum absolute atomic E-state index is 13.7. The van der Waals surface area contributed by atoms with Crippen LogP contribution in [0.2, 0.25) is 5.02 Å². The van der Waals surface area contributed by atoms with Crippen LogP contribution in [0, 0.1) is 5.92 Å². The van der Waals surface area contributed by atoms with Gasteiger partial charge in [-0.25, -0.2) is 8.42 Å². The Hall–Kier alpha value is -4.42. The summed E-state index contributed by atoms with van der Waals surface area (Å²) in [7, 11) is -4.33. The molecule has 0 amide bonds. The van der Waals surface area contributed by atoms with Gasteiger partial charge in [-0.05, 0) is 84.3 Å². The number of ether oxygens (including phenoxy) is 1.